The molecule has 0 atom stereocenters. The zero-order chi connectivity index (χ0) is 23.7. The summed E-state index contributed by atoms with van der Waals surface area (Å²) in [6.45, 7) is 6.18. The summed E-state index contributed by atoms with van der Waals surface area (Å²) >= 11 is 0. The Hall–Kier alpha value is -3.97. The number of carbonyl (C=O) groups excluding carboxylic acids is 1. The first-order valence-electron chi connectivity index (χ1n) is 11.4. The lowest BCUT2D eigenvalue weighted by molar-refractivity contribution is 0.0654. The third kappa shape index (κ3) is 4.43. The molecule has 0 spiro atoms. The van der Waals surface area contributed by atoms with Crippen LogP contribution in [0.25, 0.3) is 34.4 Å². The van der Waals surface area contributed by atoms with Gasteiger partial charge < -0.3 is 15.3 Å². The molecule has 2 aromatic heterocycles. The van der Waals surface area contributed by atoms with Gasteiger partial charge in [-0.3, -0.25) is 9.89 Å². The van der Waals surface area contributed by atoms with Crippen LogP contribution in [0.5, 0.6) is 5.75 Å². The van der Waals surface area contributed by atoms with Crippen LogP contribution in [0.2, 0.25) is 0 Å². The van der Waals surface area contributed by atoms with Gasteiger partial charge in [0.05, 0.1) is 22.3 Å². The number of amides is 1. The molecule has 0 unspecified atom stereocenters. The van der Waals surface area contributed by atoms with E-state index in [1.807, 2.05) is 53.5 Å². The Bertz CT molecular complexity index is 1360. The van der Waals surface area contributed by atoms with Crippen LogP contribution in [0, 0.1) is 0 Å². The van der Waals surface area contributed by atoms with Gasteiger partial charge in [-0.05, 0) is 55.8 Å². The molecule has 0 bridgehead atoms. The van der Waals surface area contributed by atoms with E-state index in [1.165, 1.54) is 0 Å². The molecular formula is C27H27N5O2. The van der Waals surface area contributed by atoms with Crippen LogP contribution in [-0.4, -0.2) is 56.3 Å². The molecule has 172 valence electrons. The van der Waals surface area contributed by atoms with Gasteiger partial charge in [0.1, 0.15) is 5.75 Å². The first-order valence-corrected chi connectivity index (χ1v) is 11.4. The van der Waals surface area contributed by atoms with E-state index in [1.54, 1.807) is 24.3 Å². The number of hydrogen-bond acceptors (Lipinski definition) is 5. The SMILES string of the molecule is CC1(C)CN(C(=O)c2cc(-c3ccc(O)cc3)nc3n[nH]c(/C=C/c4ccccc4)c23)CCN1. The molecular weight excluding hydrogens is 426 g/mol. The zero-order valence-electron chi connectivity index (χ0n) is 19.2. The third-order valence-corrected chi connectivity index (χ3v) is 6.05. The summed E-state index contributed by atoms with van der Waals surface area (Å²) in [6.07, 6.45) is 3.92. The molecule has 1 amide bonds. The topological polar surface area (TPSA) is 94.1 Å². The molecule has 7 nitrogen and oxygen atoms in total. The number of pyridine rings is 1. The number of nitrogens with zero attached hydrogens (tertiary/aromatic N) is 3. The van der Waals surface area contributed by atoms with E-state index >= 15 is 0 Å². The van der Waals surface area contributed by atoms with Crippen molar-refractivity contribution in [3.05, 3.63) is 77.5 Å². The molecule has 1 aliphatic heterocycles. The minimum absolute atomic E-state index is 0.0437. The Kier molecular flexibility index (Phi) is 5.63. The van der Waals surface area contributed by atoms with Crippen LogP contribution in [0.15, 0.2) is 60.7 Å². The van der Waals surface area contributed by atoms with Gasteiger partial charge in [-0.1, -0.05) is 36.4 Å². The molecule has 0 aliphatic carbocycles. The lowest BCUT2D eigenvalue weighted by Gasteiger charge is -2.39. The Labute approximate surface area is 198 Å². The molecule has 34 heavy (non-hydrogen) atoms. The van der Waals surface area contributed by atoms with Gasteiger partial charge >= 0.3 is 0 Å². The van der Waals surface area contributed by atoms with E-state index in [-0.39, 0.29) is 17.2 Å². The second-order valence-electron chi connectivity index (χ2n) is 9.22. The molecule has 2 aromatic carbocycles. The molecule has 5 rings (SSSR count). The lowest BCUT2D eigenvalue weighted by atomic mass is 9.99. The number of aromatic hydroxyl groups is 1. The third-order valence-electron chi connectivity index (χ3n) is 6.05. The van der Waals surface area contributed by atoms with Crippen molar-refractivity contribution in [2.75, 3.05) is 19.6 Å². The van der Waals surface area contributed by atoms with Crippen molar-refractivity contribution in [3.8, 4) is 17.0 Å². The number of fused-ring (bicyclic) bond motifs is 1. The predicted molar refractivity (Wildman–Crippen MR) is 134 cm³/mol. The first-order chi connectivity index (χ1) is 16.4. The standard InChI is InChI=1S/C27H27N5O2/c1-27(2)17-32(15-14-28-27)26(34)21-16-23(19-9-11-20(33)12-10-19)29-25-24(21)22(30-31-25)13-8-18-6-4-3-5-7-18/h3-13,16,28,33H,14-15,17H2,1-2H3,(H,29,30,31)/b13-8+. The van der Waals surface area contributed by atoms with Crippen LogP contribution in [0.4, 0.5) is 0 Å². The molecule has 1 fully saturated rings. The van der Waals surface area contributed by atoms with Crippen molar-refractivity contribution >= 4 is 29.1 Å². The average Bonchev–Trinajstić information content (AvgIpc) is 3.25. The number of phenolic OH excluding ortho intramolecular Hbond substituents is 1. The van der Waals surface area contributed by atoms with Gasteiger partial charge in [0.15, 0.2) is 5.65 Å². The molecule has 4 aromatic rings. The van der Waals surface area contributed by atoms with Crippen LogP contribution in [-0.2, 0) is 0 Å². The summed E-state index contributed by atoms with van der Waals surface area (Å²) in [5, 5.41) is 21.3. The van der Waals surface area contributed by atoms with E-state index in [4.69, 9.17) is 4.98 Å². The summed E-state index contributed by atoms with van der Waals surface area (Å²) in [7, 11) is 0. The van der Waals surface area contributed by atoms with Gasteiger partial charge in [-0.2, -0.15) is 5.10 Å². The van der Waals surface area contributed by atoms with Crippen molar-refractivity contribution in [1.82, 2.24) is 25.4 Å². The number of H-pyrrole nitrogens is 1. The number of carbonyl (C=O) groups is 1. The summed E-state index contributed by atoms with van der Waals surface area (Å²) in [5.74, 6) is 0.134. The Morgan fingerprint density at radius 2 is 1.85 bits per heavy atom. The van der Waals surface area contributed by atoms with Crippen LogP contribution >= 0.6 is 0 Å². The minimum Gasteiger partial charge on any atom is -0.508 e. The van der Waals surface area contributed by atoms with Gasteiger partial charge in [0, 0.05) is 30.7 Å². The van der Waals surface area contributed by atoms with Crippen molar-refractivity contribution < 1.29 is 9.90 Å². The number of hydrogen-bond donors (Lipinski definition) is 3. The second-order valence-corrected chi connectivity index (χ2v) is 9.22. The van der Waals surface area contributed by atoms with Gasteiger partial charge in [0.25, 0.3) is 5.91 Å². The zero-order valence-corrected chi connectivity index (χ0v) is 19.2. The quantitative estimate of drug-likeness (QED) is 0.428. The summed E-state index contributed by atoms with van der Waals surface area (Å²) in [5.41, 5.74) is 4.11. The van der Waals surface area contributed by atoms with Gasteiger partial charge in [-0.15, -0.1) is 0 Å². The Morgan fingerprint density at radius 3 is 2.59 bits per heavy atom. The number of aromatic amines is 1. The molecule has 3 heterocycles. The van der Waals surface area contributed by atoms with Crippen molar-refractivity contribution in [2.24, 2.45) is 0 Å². The van der Waals surface area contributed by atoms with Crippen LogP contribution in [0.3, 0.4) is 0 Å². The Balaban J connectivity index is 1.62. The summed E-state index contributed by atoms with van der Waals surface area (Å²) < 4.78 is 0. The molecule has 1 saturated heterocycles. The van der Waals surface area contributed by atoms with E-state index in [2.05, 4.69) is 29.4 Å². The Morgan fingerprint density at radius 1 is 1.09 bits per heavy atom. The predicted octanol–water partition coefficient (Wildman–Crippen LogP) is 4.32. The number of rotatable bonds is 4. The van der Waals surface area contributed by atoms with E-state index in [0.717, 1.165) is 23.4 Å². The fraction of sp³-hybridized carbons (Fsp3) is 0.222. The average molecular weight is 454 g/mol. The maximum Gasteiger partial charge on any atom is 0.254 e. The van der Waals surface area contributed by atoms with Crippen LogP contribution < -0.4 is 5.32 Å². The smallest absolute Gasteiger partial charge is 0.254 e. The largest absolute Gasteiger partial charge is 0.508 e. The highest BCUT2D eigenvalue weighted by molar-refractivity contribution is 6.09. The van der Waals surface area contributed by atoms with Crippen molar-refractivity contribution in [1.29, 1.82) is 0 Å². The maximum atomic E-state index is 13.8. The normalized spacial score (nSPS) is 15.8. The van der Waals surface area contributed by atoms with E-state index in [0.29, 0.717) is 35.4 Å². The molecule has 0 saturated carbocycles. The van der Waals surface area contributed by atoms with Crippen molar-refractivity contribution in [3.63, 3.8) is 0 Å². The molecule has 7 heteroatoms. The fourth-order valence-electron chi connectivity index (χ4n) is 4.35. The van der Waals surface area contributed by atoms with Gasteiger partial charge in [0.2, 0.25) is 0 Å². The maximum absolute atomic E-state index is 13.8. The lowest BCUT2D eigenvalue weighted by Crippen LogP contribution is -2.58. The highest BCUT2D eigenvalue weighted by atomic mass is 16.3. The minimum atomic E-state index is -0.160. The van der Waals surface area contributed by atoms with E-state index < -0.39 is 0 Å². The fourth-order valence-corrected chi connectivity index (χ4v) is 4.35. The highest BCUT2D eigenvalue weighted by Gasteiger charge is 2.31. The van der Waals surface area contributed by atoms with E-state index in [9.17, 15) is 9.90 Å². The molecule has 0 radical (unpaired) electrons. The van der Waals surface area contributed by atoms with Crippen LogP contribution in [0.1, 0.15) is 35.5 Å². The number of phenols is 1. The first kappa shape index (κ1) is 21.9. The second kappa shape index (κ2) is 8.76. The van der Waals surface area contributed by atoms with Crippen molar-refractivity contribution in [2.45, 2.75) is 19.4 Å². The number of nitrogens with one attached hydrogen (secondary N) is 2. The molecule has 3 N–H and O–H groups in total. The highest BCUT2D eigenvalue weighted by Crippen LogP contribution is 2.29. The summed E-state index contributed by atoms with van der Waals surface area (Å²) in [6, 6.07) is 18.6. The number of piperazine rings is 1. The number of benzene rings is 2. The number of aromatic nitrogens is 3. The molecule has 1 aliphatic rings. The van der Waals surface area contributed by atoms with Gasteiger partial charge in [-0.25, -0.2) is 4.98 Å². The monoisotopic (exact) mass is 453 g/mol. The summed E-state index contributed by atoms with van der Waals surface area (Å²) in [4.78, 5) is 20.4.